The van der Waals surface area contributed by atoms with Crippen LogP contribution in [0.4, 0.5) is 5.95 Å². The summed E-state index contributed by atoms with van der Waals surface area (Å²) in [6.45, 7) is 6.65. The summed E-state index contributed by atoms with van der Waals surface area (Å²) >= 11 is 0. The summed E-state index contributed by atoms with van der Waals surface area (Å²) in [4.78, 5) is 17.3. The highest BCUT2D eigenvalue weighted by Crippen LogP contribution is 2.39. The summed E-state index contributed by atoms with van der Waals surface area (Å²) in [5, 5.41) is 7.53. The number of ether oxygens (including phenoxy) is 2. The van der Waals surface area contributed by atoms with Crippen LogP contribution in [0.3, 0.4) is 0 Å². The molecule has 2 aromatic carbocycles. The number of hydrogen-bond donors (Lipinski definition) is 1. The number of para-hydroxylation sites is 1. The molecule has 1 aliphatic rings. The molecule has 0 radical (unpaired) electrons. The smallest absolute Gasteiger partial charge is 0.338 e. The zero-order valence-electron chi connectivity index (χ0n) is 18.0. The standard InChI is InChI=1S/C24H26N4O3/c1-4-13-30-23(29)21-17(3)27-24-25-15-26-28(24)22(21)19-7-5-6-8-20(19)31-14-18-11-9-16(2)10-12-18/h5-12,15,22H,4,13-14H2,1-3H3,(H,25,26,27). The van der Waals surface area contributed by atoms with Crippen molar-refractivity contribution in [3.63, 3.8) is 0 Å². The number of anilines is 1. The minimum Gasteiger partial charge on any atom is -0.489 e. The maximum Gasteiger partial charge on any atom is 0.338 e. The molecule has 0 spiro atoms. The number of benzene rings is 2. The van der Waals surface area contributed by atoms with Gasteiger partial charge in [-0.1, -0.05) is 55.0 Å². The highest BCUT2D eigenvalue weighted by atomic mass is 16.5. The van der Waals surface area contributed by atoms with E-state index in [2.05, 4.69) is 46.6 Å². The Labute approximate surface area is 181 Å². The molecule has 1 N–H and O–H groups in total. The second-order valence-electron chi connectivity index (χ2n) is 7.54. The van der Waals surface area contributed by atoms with E-state index in [0.717, 1.165) is 17.5 Å². The van der Waals surface area contributed by atoms with Crippen LogP contribution >= 0.6 is 0 Å². The highest BCUT2D eigenvalue weighted by Gasteiger charge is 2.35. The van der Waals surface area contributed by atoms with Crippen LogP contribution in [0.1, 0.15) is 43.0 Å². The molecule has 160 valence electrons. The van der Waals surface area contributed by atoms with E-state index in [0.29, 0.717) is 36.2 Å². The third kappa shape index (κ3) is 4.30. The predicted molar refractivity (Wildman–Crippen MR) is 118 cm³/mol. The molecule has 1 aromatic heterocycles. The first kappa shape index (κ1) is 20.7. The quantitative estimate of drug-likeness (QED) is 0.573. The van der Waals surface area contributed by atoms with E-state index in [-0.39, 0.29) is 5.97 Å². The van der Waals surface area contributed by atoms with Gasteiger partial charge in [0.2, 0.25) is 5.95 Å². The summed E-state index contributed by atoms with van der Waals surface area (Å²) in [7, 11) is 0. The van der Waals surface area contributed by atoms with Crippen LogP contribution in [0.25, 0.3) is 0 Å². The Bertz CT molecular complexity index is 1100. The molecule has 0 saturated carbocycles. The molecule has 7 heteroatoms. The summed E-state index contributed by atoms with van der Waals surface area (Å²) in [5.41, 5.74) is 4.29. The third-order valence-corrected chi connectivity index (χ3v) is 5.18. The van der Waals surface area contributed by atoms with E-state index < -0.39 is 6.04 Å². The van der Waals surface area contributed by atoms with Crippen LogP contribution in [-0.2, 0) is 16.1 Å². The summed E-state index contributed by atoms with van der Waals surface area (Å²) in [6.07, 6.45) is 2.22. The fourth-order valence-corrected chi connectivity index (χ4v) is 3.60. The van der Waals surface area contributed by atoms with E-state index in [1.54, 1.807) is 4.68 Å². The average molecular weight is 418 g/mol. The number of fused-ring (bicyclic) bond motifs is 1. The molecule has 1 aliphatic heterocycles. The molecule has 0 fully saturated rings. The minimum atomic E-state index is -0.502. The van der Waals surface area contributed by atoms with Gasteiger partial charge in [-0.15, -0.1) is 0 Å². The first-order valence-electron chi connectivity index (χ1n) is 10.4. The van der Waals surface area contributed by atoms with Gasteiger partial charge in [-0.3, -0.25) is 0 Å². The molecule has 0 saturated heterocycles. The summed E-state index contributed by atoms with van der Waals surface area (Å²) in [6, 6.07) is 15.4. The van der Waals surface area contributed by atoms with Crippen molar-refractivity contribution in [2.45, 2.75) is 39.8 Å². The van der Waals surface area contributed by atoms with E-state index in [1.807, 2.05) is 38.1 Å². The lowest BCUT2D eigenvalue weighted by atomic mass is 9.95. The van der Waals surface area contributed by atoms with Crippen LogP contribution in [0.5, 0.6) is 5.75 Å². The van der Waals surface area contributed by atoms with Crippen molar-refractivity contribution in [3.05, 3.63) is 82.8 Å². The lowest BCUT2D eigenvalue weighted by Crippen LogP contribution is -2.30. The Morgan fingerprint density at radius 1 is 1.13 bits per heavy atom. The number of nitrogens with one attached hydrogen (secondary N) is 1. The second kappa shape index (κ2) is 9.04. The SMILES string of the molecule is CCCOC(=O)C1=C(C)Nc2ncnn2C1c1ccccc1OCc1ccc(C)cc1. The zero-order valence-corrected chi connectivity index (χ0v) is 18.0. The molecule has 1 unspecified atom stereocenters. The largest absolute Gasteiger partial charge is 0.489 e. The first-order chi connectivity index (χ1) is 15.1. The Hall–Kier alpha value is -3.61. The number of esters is 1. The number of allylic oxidation sites excluding steroid dienone is 1. The highest BCUT2D eigenvalue weighted by molar-refractivity contribution is 5.92. The average Bonchev–Trinajstić information content (AvgIpc) is 3.24. The van der Waals surface area contributed by atoms with Gasteiger partial charge in [0.25, 0.3) is 0 Å². The van der Waals surface area contributed by atoms with E-state index in [1.165, 1.54) is 11.9 Å². The van der Waals surface area contributed by atoms with Crippen LogP contribution in [0.15, 0.2) is 66.1 Å². The second-order valence-corrected chi connectivity index (χ2v) is 7.54. The van der Waals surface area contributed by atoms with Crippen molar-refractivity contribution >= 4 is 11.9 Å². The number of hydrogen-bond acceptors (Lipinski definition) is 6. The molecule has 31 heavy (non-hydrogen) atoms. The predicted octanol–water partition coefficient (Wildman–Crippen LogP) is 4.41. The monoisotopic (exact) mass is 418 g/mol. The fraction of sp³-hybridized carbons (Fsp3) is 0.292. The molecule has 0 bridgehead atoms. The van der Waals surface area contributed by atoms with E-state index in [9.17, 15) is 4.79 Å². The molecular formula is C24H26N4O3. The molecule has 2 heterocycles. The summed E-state index contributed by atoms with van der Waals surface area (Å²) < 4.78 is 13.4. The van der Waals surface area contributed by atoms with Crippen molar-refractivity contribution in [1.29, 1.82) is 0 Å². The number of carbonyl (C=O) groups excluding carboxylic acids is 1. The van der Waals surface area contributed by atoms with Crippen LogP contribution in [0, 0.1) is 6.92 Å². The first-order valence-corrected chi connectivity index (χ1v) is 10.4. The molecular weight excluding hydrogens is 392 g/mol. The Balaban J connectivity index is 1.71. The Morgan fingerprint density at radius 3 is 2.68 bits per heavy atom. The van der Waals surface area contributed by atoms with Crippen molar-refractivity contribution in [1.82, 2.24) is 14.8 Å². The normalized spacial score (nSPS) is 15.3. The number of carbonyl (C=O) groups is 1. The Kier molecular flexibility index (Phi) is 6.02. The Morgan fingerprint density at radius 2 is 1.90 bits per heavy atom. The summed E-state index contributed by atoms with van der Waals surface area (Å²) in [5.74, 6) is 0.888. The van der Waals surface area contributed by atoms with Gasteiger partial charge in [0.1, 0.15) is 24.7 Å². The third-order valence-electron chi connectivity index (χ3n) is 5.18. The van der Waals surface area contributed by atoms with Crippen LogP contribution in [-0.4, -0.2) is 27.3 Å². The maximum atomic E-state index is 13.0. The number of aromatic nitrogens is 3. The van der Waals surface area contributed by atoms with Gasteiger partial charge in [0, 0.05) is 11.3 Å². The maximum absolute atomic E-state index is 13.0. The van der Waals surface area contributed by atoms with Crippen molar-refractivity contribution in [3.8, 4) is 5.75 Å². The van der Waals surface area contributed by atoms with Crippen LogP contribution < -0.4 is 10.1 Å². The van der Waals surface area contributed by atoms with Gasteiger partial charge >= 0.3 is 5.97 Å². The number of nitrogens with zero attached hydrogens (tertiary/aromatic N) is 3. The van der Waals surface area contributed by atoms with E-state index in [4.69, 9.17) is 9.47 Å². The van der Waals surface area contributed by atoms with Crippen molar-refractivity contribution < 1.29 is 14.3 Å². The van der Waals surface area contributed by atoms with Crippen molar-refractivity contribution in [2.75, 3.05) is 11.9 Å². The molecule has 7 nitrogen and oxygen atoms in total. The molecule has 0 amide bonds. The van der Waals surface area contributed by atoms with Gasteiger partial charge < -0.3 is 14.8 Å². The van der Waals surface area contributed by atoms with Gasteiger partial charge in [0.15, 0.2) is 0 Å². The van der Waals surface area contributed by atoms with Gasteiger partial charge in [-0.25, -0.2) is 9.48 Å². The lowest BCUT2D eigenvalue weighted by Gasteiger charge is -2.29. The van der Waals surface area contributed by atoms with Crippen molar-refractivity contribution in [2.24, 2.45) is 0 Å². The molecule has 4 rings (SSSR count). The number of aryl methyl sites for hydroxylation is 1. The molecule has 0 aliphatic carbocycles. The van der Waals surface area contributed by atoms with Gasteiger partial charge in [-0.05, 0) is 31.9 Å². The van der Waals surface area contributed by atoms with E-state index >= 15 is 0 Å². The fourth-order valence-electron chi connectivity index (χ4n) is 3.60. The topological polar surface area (TPSA) is 78.3 Å². The van der Waals surface area contributed by atoms with Gasteiger partial charge in [-0.2, -0.15) is 10.1 Å². The van der Waals surface area contributed by atoms with Crippen LogP contribution in [0.2, 0.25) is 0 Å². The number of rotatable bonds is 7. The minimum absolute atomic E-state index is 0.359. The lowest BCUT2D eigenvalue weighted by molar-refractivity contribution is -0.139. The van der Waals surface area contributed by atoms with Gasteiger partial charge in [0.05, 0.1) is 12.2 Å². The molecule has 1 atom stereocenters. The molecule has 3 aromatic rings. The zero-order chi connectivity index (χ0) is 21.8.